The average Bonchev–Trinajstić information content (AvgIpc) is 3.44. The summed E-state index contributed by atoms with van der Waals surface area (Å²) in [5.41, 5.74) is 5.29. The second-order valence-corrected chi connectivity index (χ2v) is 8.81. The second-order valence-electron chi connectivity index (χ2n) is 8.81. The van der Waals surface area contributed by atoms with Gasteiger partial charge >= 0.3 is 0 Å². The van der Waals surface area contributed by atoms with Crippen molar-refractivity contribution in [3.05, 3.63) is 41.3 Å². The third-order valence-corrected chi connectivity index (χ3v) is 6.38. The van der Waals surface area contributed by atoms with Gasteiger partial charge in [-0.2, -0.15) is 0 Å². The summed E-state index contributed by atoms with van der Waals surface area (Å²) in [6, 6.07) is 5.89. The molecule has 2 aromatic heterocycles. The predicted molar refractivity (Wildman–Crippen MR) is 129 cm³/mol. The highest BCUT2D eigenvalue weighted by molar-refractivity contribution is 6.09. The van der Waals surface area contributed by atoms with E-state index in [2.05, 4.69) is 44.6 Å². The van der Waals surface area contributed by atoms with Gasteiger partial charge < -0.3 is 25.5 Å². The normalized spacial score (nSPS) is 20.0. The van der Waals surface area contributed by atoms with Gasteiger partial charge in [-0.25, -0.2) is 9.97 Å². The number of nitrogens with zero attached hydrogens (tertiary/aromatic N) is 2. The highest BCUT2D eigenvalue weighted by atomic mass is 35.5. The number of rotatable bonds is 7. The van der Waals surface area contributed by atoms with Gasteiger partial charge in [-0.1, -0.05) is 13.0 Å². The summed E-state index contributed by atoms with van der Waals surface area (Å²) >= 11 is 0. The third kappa shape index (κ3) is 4.69. The van der Waals surface area contributed by atoms with E-state index < -0.39 is 6.10 Å². The smallest absolute Gasteiger partial charge is 0.255 e. The van der Waals surface area contributed by atoms with Crippen LogP contribution in [-0.4, -0.2) is 57.8 Å². The van der Waals surface area contributed by atoms with E-state index in [4.69, 9.17) is 4.74 Å². The van der Waals surface area contributed by atoms with E-state index >= 15 is 0 Å². The maximum absolute atomic E-state index is 13.1. The molecular formula is C24H30ClN5O3. The molecule has 2 fully saturated rings. The molecule has 176 valence electrons. The SMILES string of the molecule is CCc1ccc(OCC2CC2)c(-c2ncnc3c(C(=O)N[C@@H]4CNC[C@H]4O)c(C)[nH]c23)c1.Cl. The number of aliphatic hydroxyl groups excluding tert-OH is 1. The van der Waals surface area contributed by atoms with Crippen LogP contribution in [0.5, 0.6) is 5.75 Å². The summed E-state index contributed by atoms with van der Waals surface area (Å²) < 4.78 is 6.16. The number of halogens is 1. The fourth-order valence-electron chi connectivity index (χ4n) is 4.26. The molecule has 3 heterocycles. The molecule has 0 bridgehead atoms. The van der Waals surface area contributed by atoms with Crippen molar-refractivity contribution in [2.24, 2.45) is 5.92 Å². The molecule has 0 spiro atoms. The van der Waals surface area contributed by atoms with Gasteiger partial charge in [0, 0.05) is 24.3 Å². The number of H-pyrrole nitrogens is 1. The van der Waals surface area contributed by atoms with Crippen LogP contribution in [0, 0.1) is 12.8 Å². The zero-order valence-electron chi connectivity index (χ0n) is 18.9. The van der Waals surface area contributed by atoms with Crippen molar-refractivity contribution in [2.45, 2.75) is 45.3 Å². The molecule has 9 heteroatoms. The summed E-state index contributed by atoms with van der Waals surface area (Å²) in [5, 5.41) is 16.1. The maximum atomic E-state index is 13.1. The van der Waals surface area contributed by atoms with Crippen molar-refractivity contribution < 1.29 is 14.6 Å². The molecule has 5 rings (SSSR count). The monoisotopic (exact) mass is 471 g/mol. The zero-order chi connectivity index (χ0) is 22.2. The Kier molecular flexibility index (Phi) is 6.88. The van der Waals surface area contributed by atoms with Gasteiger partial charge in [0.25, 0.3) is 5.91 Å². The topological polar surface area (TPSA) is 112 Å². The summed E-state index contributed by atoms with van der Waals surface area (Å²) in [7, 11) is 0. The summed E-state index contributed by atoms with van der Waals surface area (Å²) in [5.74, 6) is 1.19. The number of hydrogen-bond donors (Lipinski definition) is 4. The van der Waals surface area contributed by atoms with Crippen molar-refractivity contribution >= 4 is 29.3 Å². The Bertz CT molecular complexity index is 1160. The van der Waals surface area contributed by atoms with Crippen molar-refractivity contribution in [1.29, 1.82) is 0 Å². The van der Waals surface area contributed by atoms with E-state index in [9.17, 15) is 9.90 Å². The number of β-amino-alcohol motifs (C(OH)–C–C–N with tert-alkyl or cyclic N) is 1. The fourth-order valence-corrected chi connectivity index (χ4v) is 4.26. The van der Waals surface area contributed by atoms with Gasteiger partial charge in [-0.3, -0.25) is 4.79 Å². The van der Waals surface area contributed by atoms with Crippen LogP contribution in [0.1, 0.15) is 41.4 Å². The van der Waals surface area contributed by atoms with Crippen LogP contribution in [0.3, 0.4) is 0 Å². The number of carbonyl (C=O) groups is 1. The molecule has 1 amide bonds. The summed E-state index contributed by atoms with van der Waals surface area (Å²) in [6.45, 7) is 5.70. The van der Waals surface area contributed by atoms with Gasteiger partial charge in [-0.05, 0) is 49.8 Å². The van der Waals surface area contributed by atoms with Crippen LogP contribution in [0.4, 0.5) is 0 Å². The number of hydrogen-bond acceptors (Lipinski definition) is 6. The molecule has 1 saturated carbocycles. The van der Waals surface area contributed by atoms with Gasteiger partial charge in [0.05, 0.1) is 29.8 Å². The number of aliphatic hydroxyl groups is 1. The van der Waals surface area contributed by atoms with Crippen molar-refractivity contribution in [1.82, 2.24) is 25.6 Å². The highest BCUT2D eigenvalue weighted by Crippen LogP contribution is 2.37. The molecule has 1 aliphatic heterocycles. The van der Waals surface area contributed by atoms with E-state index in [1.54, 1.807) is 0 Å². The van der Waals surface area contributed by atoms with Crippen LogP contribution in [-0.2, 0) is 6.42 Å². The van der Waals surface area contributed by atoms with Crippen LogP contribution >= 0.6 is 12.4 Å². The van der Waals surface area contributed by atoms with Crippen LogP contribution in [0.15, 0.2) is 24.5 Å². The minimum absolute atomic E-state index is 0. The first-order valence-corrected chi connectivity index (χ1v) is 11.3. The van der Waals surface area contributed by atoms with Crippen LogP contribution < -0.4 is 15.4 Å². The highest BCUT2D eigenvalue weighted by Gasteiger charge is 2.29. The zero-order valence-corrected chi connectivity index (χ0v) is 19.7. The molecule has 1 aliphatic carbocycles. The number of benzene rings is 1. The standard InChI is InChI=1S/C24H29N5O3.ClH/c1-3-14-6-7-19(32-11-15-4-5-15)16(8-14)21-23-22(27-12-26-21)20(13(2)28-23)24(31)29-17-9-25-10-18(17)30;/h6-8,12,15,17-18,25,28,30H,3-5,9-11H2,1-2H3,(H,29,31);1H/t17-,18-;/m1./s1. The maximum Gasteiger partial charge on any atom is 0.255 e. The number of carbonyl (C=O) groups excluding carboxylic acids is 1. The number of amides is 1. The molecule has 0 unspecified atom stereocenters. The molecule has 1 aromatic carbocycles. The van der Waals surface area contributed by atoms with Gasteiger partial charge in [-0.15, -0.1) is 12.4 Å². The Labute approximate surface area is 199 Å². The first kappa shape index (κ1) is 23.5. The Morgan fingerprint density at radius 2 is 2.09 bits per heavy atom. The molecule has 0 radical (unpaired) electrons. The molecule has 2 atom stereocenters. The first-order valence-electron chi connectivity index (χ1n) is 11.3. The van der Waals surface area contributed by atoms with E-state index in [0.29, 0.717) is 47.9 Å². The molecule has 3 aromatic rings. The van der Waals surface area contributed by atoms with Crippen LogP contribution in [0.2, 0.25) is 0 Å². The lowest BCUT2D eigenvalue weighted by Gasteiger charge is -2.15. The Balaban J connectivity index is 0.00000259. The minimum atomic E-state index is -0.599. The lowest BCUT2D eigenvalue weighted by atomic mass is 10.0. The van der Waals surface area contributed by atoms with Gasteiger partial charge in [0.1, 0.15) is 23.3 Å². The Morgan fingerprint density at radius 3 is 2.79 bits per heavy atom. The third-order valence-electron chi connectivity index (χ3n) is 6.38. The fraction of sp³-hybridized carbons (Fsp3) is 0.458. The lowest BCUT2D eigenvalue weighted by Crippen LogP contribution is -2.42. The molecule has 33 heavy (non-hydrogen) atoms. The van der Waals surface area contributed by atoms with Crippen molar-refractivity contribution in [3.63, 3.8) is 0 Å². The van der Waals surface area contributed by atoms with Crippen molar-refractivity contribution in [2.75, 3.05) is 19.7 Å². The van der Waals surface area contributed by atoms with Gasteiger partial charge in [0.15, 0.2) is 0 Å². The van der Waals surface area contributed by atoms with Gasteiger partial charge in [0.2, 0.25) is 0 Å². The lowest BCUT2D eigenvalue weighted by molar-refractivity contribution is 0.0889. The molecule has 4 N–H and O–H groups in total. The summed E-state index contributed by atoms with van der Waals surface area (Å²) in [4.78, 5) is 25.4. The number of ether oxygens (including phenoxy) is 1. The van der Waals surface area contributed by atoms with E-state index in [1.165, 1.54) is 24.7 Å². The van der Waals surface area contributed by atoms with E-state index in [1.807, 2.05) is 13.0 Å². The predicted octanol–water partition coefficient (Wildman–Crippen LogP) is 2.77. The number of aryl methyl sites for hydroxylation is 2. The molecule has 2 aliphatic rings. The Hall–Kier alpha value is -2.68. The quantitative estimate of drug-likeness (QED) is 0.421. The van der Waals surface area contributed by atoms with Crippen LogP contribution in [0.25, 0.3) is 22.3 Å². The number of fused-ring (bicyclic) bond motifs is 1. The average molecular weight is 472 g/mol. The van der Waals surface area contributed by atoms with E-state index in [0.717, 1.165) is 23.4 Å². The second kappa shape index (κ2) is 9.67. The van der Waals surface area contributed by atoms with Crippen molar-refractivity contribution in [3.8, 4) is 17.0 Å². The number of nitrogens with one attached hydrogen (secondary N) is 3. The number of aromatic nitrogens is 3. The van der Waals surface area contributed by atoms with E-state index in [-0.39, 0.29) is 24.4 Å². The first-order chi connectivity index (χ1) is 15.5. The minimum Gasteiger partial charge on any atom is -0.493 e. The Morgan fingerprint density at radius 1 is 1.27 bits per heavy atom. The molecular weight excluding hydrogens is 442 g/mol. The molecule has 1 saturated heterocycles. The number of aromatic amines is 1. The largest absolute Gasteiger partial charge is 0.493 e. The summed E-state index contributed by atoms with van der Waals surface area (Å²) in [6.07, 6.45) is 4.24. The molecule has 8 nitrogen and oxygen atoms in total.